The maximum atomic E-state index is 14.8. The fraction of sp³-hybridized carbons (Fsp3) is 0.235. The van der Waals surface area contributed by atoms with Crippen molar-refractivity contribution in [2.24, 2.45) is 0 Å². The highest BCUT2D eigenvalue weighted by Crippen LogP contribution is 2.39. The van der Waals surface area contributed by atoms with Crippen LogP contribution in [0.1, 0.15) is 17.8 Å². The highest BCUT2D eigenvalue weighted by molar-refractivity contribution is 9.10. The van der Waals surface area contributed by atoms with E-state index in [2.05, 4.69) is 41.1 Å². The molecule has 0 unspecified atom stereocenters. The van der Waals surface area contributed by atoms with Crippen molar-refractivity contribution >= 4 is 44.1 Å². The standard InChI is InChI=1S/C17H13BrFN7/c1-9-23-24-17-22-16(15-12(19)6-21-8-14(15)26(9)17)25-4-2-3-10-11(18)5-20-7-13(10)25/h5-8H,2-4H2,1H3. The molecular weight excluding hydrogens is 401 g/mol. The van der Waals surface area contributed by atoms with Gasteiger partial charge < -0.3 is 4.90 Å². The van der Waals surface area contributed by atoms with Crippen LogP contribution in [0, 0.1) is 12.7 Å². The van der Waals surface area contributed by atoms with Crippen molar-refractivity contribution in [3.63, 3.8) is 0 Å². The quantitative estimate of drug-likeness (QED) is 0.476. The van der Waals surface area contributed by atoms with Gasteiger partial charge in [0.25, 0.3) is 5.78 Å². The lowest BCUT2D eigenvalue weighted by Crippen LogP contribution is -2.26. The second-order valence-electron chi connectivity index (χ2n) is 6.21. The van der Waals surface area contributed by atoms with Gasteiger partial charge >= 0.3 is 0 Å². The van der Waals surface area contributed by atoms with Gasteiger partial charge in [-0.2, -0.15) is 4.98 Å². The first-order valence-corrected chi connectivity index (χ1v) is 8.99. The molecule has 130 valence electrons. The smallest absolute Gasteiger partial charge is 0.257 e. The van der Waals surface area contributed by atoms with E-state index in [-0.39, 0.29) is 0 Å². The number of fused-ring (bicyclic) bond motifs is 4. The predicted octanol–water partition coefficient (Wildman–Crippen LogP) is 3.36. The van der Waals surface area contributed by atoms with Crippen LogP contribution in [-0.4, -0.2) is 36.1 Å². The molecule has 0 saturated carbocycles. The Labute approximate surface area is 156 Å². The number of pyridine rings is 2. The van der Waals surface area contributed by atoms with Gasteiger partial charge in [-0.3, -0.25) is 14.4 Å². The number of halogens is 2. The molecule has 0 amide bonds. The zero-order chi connectivity index (χ0) is 17.8. The van der Waals surface area contributed by atoms with Gasteiger partial charge in [0.1, 0.15) is 11.6 Å². The summed E-state index contributed by atoms with van der Waals surface area (Å²) in [4.78, 5) is 14.9. The van der Waals surface area contributed by atoms with Crippen LogP contribution in [0.2, 0.25) is 0 Å². The molecule has 5 heterocycles. The van der Waals surface area contributed by atoms with E-state index in [0.717, 1.165) is 35.1 Å². The molecule has 0 aromatic carbocycles. The molecule has 26 heavy (non-hydrogen) atoms. The van der Waals surface area contributed by atoms with E-state index in [4.69, 9.17) is 0 Å². The number of hydrogen-bond donors (Lipinski definition) is 0. The normalized spacial score (nSPS) is 14.2. The third kappa shape index (κ3) is 2.13. The Kier molecular flexibility index (Phi) is 3.39. The lowest BCUT2D eigenvalue weighted by Gasteiger charge is -2.31. The van der Waals surface area contributed by atoms with Gasteiger partial charge in [0.15, 0.2) is 5.82 Å². The Hall–Kier alpha value is -2.68. The SMILES string of the molecule is Cc1nnc2nc(N3CCCc4c(Br)cncc43)c3c(F)cncc3n12. The van der Waals surface area contributed by atoms with Crippen LogP contribution in [0.5, 0.6) is 0 Å². The van der Waals surface area contributed by atoms with E-state index in [1.54, 1.807) is 23.0 Å². The molecule has 0 aliphatic carbocycles. The van der Waals surface area contributed by atoms with E-state index in [1.807, 2.05) is 11.8 Å². The predicted molar refractivity (Wildman–Crippen MR) is 98.0 cm³/mol. The first-order valence-electron chi connectivity index (χ1n) is 8.20. The van der Waals surface area contributed by atoms with Crippen molar-refractivity contribution in [3.8, 4) is 0 Å². The van der Waals surface area contributed by atoms with Crippen molar-refractivity contribution in [2.75, 3.05) is 11.4 Å². The largest absolute Gasteiger partial charge is 0.324 e. The topological polar surface area (TPSA) is 72.1 Å². The third-order valence-corrected chi connectivity index (χ3v) is 5.38. The van der Waals surface area contributed by atoms with E-state index < -0.39 is 5.82 Å². The molecule has 1 aliphatic rings. The fourth-order valence-electron chi connectivity index (χ4n) is 3.55. The third-order valence-electron chi connectivity index (χ3n) is 4.69. The molecule has 9 heteroatoms. The number of hydrogen-bond acceptors (Lipinski definition) is 6. The summed E-state index contributed by atoms with van der Waals surface area (Å²) < 4.78 is 17.5. The van der Waals surface area contributed by atoms with Crippen molar-refractivity contribution in [1.82, 2.24) is 29.5 Å². The summed E-state index contributed by atoms with van der Waals surface area (Å²) >= 11 is 3.57. The molecule has 0 radical (unpaired) electrons. The van der Waals surface area contributed by atoms with Gasteiger partial charge in [-0.05, 0) is 41.3 Å². The number of aromatic nitrogens is 6. The van der Waals surface area contributed by atoms with Crippen molar-refractivity contribution < 1.29 is 4.39 Å². The molecule has 4 aromatic rings. The van der Waals surface area contributed by atoms with Gasteiger partial charge in [0.05, 0.1) is 35.2 Å². The molecule has 4 aromatic heterocycles. The summed E-state index contributed by atoms with van der Waals surface area (Å²) in [6.07, 6.45) is 8.28. The number of nitrogens with zero attached hydrogens (tertiary/aromatic N) is 7. The molecule has 5 rings (SSSR count). The molecule has 1 aliphatic heterocycles. The number of rotatable bonds is 1. The van der Waals surface area contributed by atoms with E-state index in [0.29, 0.717) is 28.3 Å². The Morgan fingerprint density at radius 3 is 2.85 bits per heavy atom. The second kappa shape index (κ2) is 5.66. The van der Waals surface area contributed by atoms with Crippen LogP contribution in [0.15, 0.2) is 29.3 Å². The molecule has 0 spiro atoms. The Morgan fingerprint density at radius 1 is 1.12 bits per heavy atom. The minimum atomic E-state index is -0.421. The first kappa shape index (κ1) is 15.6. The van der Waals surface area contributed by atoms with Crippen LogP contribution < -0.4 is 4.90 Å². The average molecular weight is 414 g/mol. The Morgan fingerprint density at radius 2 is 1.96 bits per heavy atom. The summed E-state index contributed by atoms with van der Waals surface area (Å²) in [5.74, 6) is 1.16. The van der Waals surface area contributed by atoms with Crippen molar-refractivity contribution in [3.05, 3.63) is 46.5 Å². The highest BCUT2D eigenvalue weighted by Gasteiger charge is 2.26. The highest BCUT2D eigenvalue weighted by atomic mass is 79.9. The first-order chi connectivity index (χ1) is 12.6. The lowest BCUT2D eigenvalue weighted by atomic mass is 10.0. The molecule has 0 saturated heterocycles. The monoisotopic (exact) mass is 413 g/mol. The van der Waals surface area contributed by atoms with Gasteiger partial charge in [0, 0.05) is 17.2 Å². The Balaban J connectivity index is 1.87. The van der Waals surface area contributed by atoms with Crippen LogP contribution in [0.3, 0.4) is 0 Å². The molecule has 7 nitrogen and oxygen atoms in total. The minimum Gasteiger partial charge on any atom is -0.324 e. The fourth-order valence-corrected chi connectivity index (χ4v) is 4.07. The van der Waals surface area contributed by atoms with Crippen molar-refractivity contribution in [1.29, 1.82) is 0 Å². The average Bonchev–Trinajstić information content (AvgIpc) is 3.02. The summed E-state index contributed by atoms with van der Waals surface area (Å²) in [5.41, 5.74) is 2.67. The van der Waals surface area contributed by atoms with Crippen LogP contribution >= 0.6 is 15.9 Å². The summed E-state index contributed by atoms with van der Waals surface area (Å²) in [5, 5.41) is 8.61. The zero-order valence-electron chi connectivity index (χ0n) is 13.8. The number of aryl methyl sites for hydroxylation is 1. The van der Waals surface area contributed by atoms with Gasteiger partial charge in [0.2, 0.25) is 0 Å². The lowest BCUT2D eigenvalue weighted by molar-refractivity contribution is 0.632. The van der Waals surface area contributed by atoms with Gasteiger partial charge in [-0.15, -0.1) is 10.2 Å². The molecule has 0 fully saturated rings. The molecule has 0 N–H and O–H groups in total. The molecular formula is C17H13BrFN7. The summed E-state index contributed by atoms with van der Waals surface area (Å²) in [6.45, 7) is 2.53. The Bertz CT molecular complexity index is 1170. The second-order valence-corrected chi connectivity index (χ2v) is 7.06. The minimum absolute atomic E-state index is 0.406. The zero-order valence-corrected chi connectivity index (χ0v) is 15.4. The number of anilines is 2. The molecule has 0 atom stereocenters. The van der Waals surface area contributed by atoms with Crippen LogP contribution in [0.4, 0.5) is 15.9 Å². The van der Waals surface area contributed by atoms with E-state index >= 15 is 0 Å². The summed E-state index contributed by atoms with van der Waals surface area (Å²) in [6, 6.07) is 0. The maximum Gasteiger partial charge on any atom is 0.257 e. The summed E-state index contributed by atoms with van der Waals surface area (Å²) in [7, 11) is 0. The van der Waals surface area contributed by atoms with Crippen molar-refractivity contribution in [2.45, 2.75) is 19.8 Å². The van der Waals surface area contributed by atoms with E-state index in [9.17, 15) is 4.39 Å². The maximum absolute atomic E-state index is 14.8. The molecule has 0 bridgehead atoms. The van der Waals surface area contributed by atoms with E-state index in [1.165, 1.54) is 6.20 Å². The van der Waals surface area contributed by atoms with Gasteiger partial charge in [-0.25, -0.2) is 4.39 Å². The van der Waals surface area contributed by atoms with Gasteiger partial charge in [-0.1, -0.05) is 0 Å². The van der Waals surface area contributed by atoms with Crippen LogP contribution in [0.25, 0.3) is 16.7 Å². The van der Waals surface area contributed by atoms with Crippen LogP contribution in [-0.2, 0) is 6.42 Å².